The van der Waals surface area contributed by atoms with Crippen LogP contribution in [-0.2, 0) is 0 Å². The van der Waals surface area contributed by atoms with E-state index in [1.54, 1.807) is 0 Å². The molecule has 0 spiro atoms. The van der Waals surface area contributed by atoms with Crippen LogP contribution in [0.4, 0.5) is 0 Å². The van der Waals surface area contributed by atoms with Gasteiger partial charge in [0.05, 0.1) is 0 Å². The van der Waals surface area contributed by atoms with Crippen molar-refractivity contribution in [3.05, 3.63) is 28.8 Å². The summed E-state index contributed by atoms with van der Waals surface area (Å²) in [6.45, 7) is 6.66. The fourth-order valence-electron chi connectivity index (χ4n) is 1.34. The summed E-state index contributed by atoms with van der Waals surface area (Å²) in [5.41, 5.74) is 8.97. The molecule has 3 N–H and O–H groups in total. The second kappa shape index (κ2) is 5.14. The number of hydrogen-bond donors (Lipinski definition) is 2. The maximum atomic E-state index is 9.26. The van der Waals surface area contributed by atoms with Crippen molar-refractivity contribution >= 4 is 0 Å². The van der Waals surface area contributed by atoms with Gasteiger partial charge in [-0.25, -0.2) is 0 Å². The van der Waals surface area contributed by atoms with Gasteiger partial charge in [0.2, 0.25) is 0 Å². The first kappa shape index (κ1) is 12.0. The highest BCUT2D eigenvalue weighted by molar-refractivity contribution is 5.40. The SMILES string of the molecule is Cc1cc(OCC(O)CN)cc(C)c1C. The minimum Gasteiger partial charge on any atom is -0.491 e. The molecular weight excluding hydrogens is 190 g/mol. The van der Waals surface area contributed by atoms with Gasteiger partial charge in [0, 0.05) is 6.54 Å². The second-order valence-electron chi connectivity index (χ2n) is 3.88. The highest BCUT2D eigenvalue weighted by atomic mass is 16.5. The first-order valence-corrected chi connectivity index (χ1v) is 5.13. The van der Waals surface area contributed by atoms with E-state index in [1.807, 2.05) is 12.1 Å². The van der Waals surface area contributed by atoms with Gasteiger partial charge in [0.15, 0.2) is 0 Å². The lowest BCUT2D eigenvalue weighted by atomic mass is 10.0. The molecular formula is C12H19NO2. The Bertz CT molecular complexity index is 313. The third-order valence-corrected chi connectivity index (χ3v) is 2.62. The Morgan fingerprint density at radius 2 is 1.80 bits per heavy atom. The van der Waals surface area contributed by atoms with Gasteiger partial charge in [-0.1, -0.05) is 0 Å². The van der Waals surface area contributed by atoms with Crippen molar-refractivity contribution in [3.8, 4) is 5.75 Å². The topological polar surface area (TPSA) is 55.5 Å². The van der Waals surface area contributed by atoms with Gasteiger partial charge < -0.3 is 15.6 Å². The van der Waals surface area contributed by atoms with Gasteiger partial charge >= 0.3 is 0 Å². The number of rotatable bonds is 4. The molecule has 0 heterocycles. The van der Waals surface area contributed by atoms with E-state index < -0.39 is 6.10 Å². The number of aliphatic hydroxyl groups excluding tert-OH is 1. The van der Waals surface area contributed by atoms with Crippen LogP contribution in [-0.4, -0.2) is 24.4 Å². The van der Waals surface area contributed by atoms with Crippen LogP contribution in [0.5, 0.6) is 5.75 Å². The van der Waals surface area contributed by atoms with Crippen molar-refractivity contribution in [1.82, 2.24) is 0 Å². The predicted octanol–water partition coefficient (Wildman–Crippen LogP) is 1.31. The number of benzene rings is 1. The molecule has 1 unspecified atom stereocenters. The van der Waals surface area contributed by atoms with Crippen molar-refractivity contribution < 1.29 is 9.84 Å². The summed E-state index contributed by atoms with van der Waals surface area (Å²) >= 11 is 0. The van der Waals surface area contributed by atoms with Gasteiger partial charge in [-0.3, -0.25) is 0 Å². The van der Waals surface area contributed by atoms with Crippen LogP contribution in [0, 0.1) is 20.8 Å². The first-order chi connectivity index (χ1) is 7.04. The standard InChI is InChI=1S/C12H19NO2/c1-8-4-12(5-9(2)10(8)3)15-7-11(14)6-13/h4-5,11,14H,6-7,13H2,1-3H3. The van der Waals surface area contributed by atoms with Crippen LogP contribution in [0.25, 0.3) is 0 Å². The molecule has 0 amide bonds. The Labute approximate surface area is 90.9 Å². The van der Waals surface area contributed by atoms with Crippen molar-refractivity contribution in [2.24, 2.45) is 5.73 Å². The molecule has 15 heavy (non-hydrogen) atoms. The van der Waals surface area contributed by atoms with E-state index in [4.69, 9.17) is 10.5 Å². The van der Waals surface area contributed by atoms with Gasteiger partial charge in [-0.2, -0.15) is 0 Å². The van der Waals surface area contributed by atoms with Gasteiger partial charge in [0.1, 0.15) is 18.5 Å². The summed E-state index contributed by atoms with van der Waals surface area (Å²) in [5.74, 6) is 0.795. The quantitative estimate of drug-likeness (QED) is 0.786. The highest BCUT2D eigenvalue weighted by Crippen LogP contribution is 2.20. The van der Waals surface area contributed by atoms with Crippen LogP contribution in [0.2, 0.25) is 0 Å². The van der Waals surface area contributed by atoms with E-state index >= 15 is 0 Å². The Hall–Kier alpha value is -1.06. The molecule has 0 aliphatic rings. The average Bonchev–Trinajstić information content (AvgIpc) is 2.22. The zero-order valence-electron chi connectivity index (χ0n) is 9.58. The maximum Gasteiger partial charge on any atom is 0.119 e. The number of aryl methyl sites for hydroxylation is 2. The van der Waals surface area contributed by atoms with Gasteiger partial charge in [-0.15, -0.1) is 0 Å². The molecule has 0 fully saturated rings. The van der Waals surface area contributed by atoms with Crippen LogP contribution in [0.1, 0.15) is 16.7 Å². The Kier molecular flexibility index (Phi) is 4.12. The van der Waals surface area contributed by atoms with Crippen LogP contribution in [0.3, 0.4) is 0 Å². The lowest BCUT2D eigenvalue weighted by molar-refractivity contribution is 0.114. The van der Waals surface area contributed by atoms with Crippen LogP contribution < -0.4 is 10.5 Å². The fraction of sp³-hybridized carbons (Fsp3) is 0.500. The number of aliphatic hydroxyl groups is 1. The molecule has 84 valence electrons. The summed E-state index contributed by atoms with van der Waals surface area (Å²) < 4.78 is 5.45. The zero-order chi connectivity index (χ0) is 11.4. The zero-order valence-corrected chi connectivity index (χ0v) is 9.58. The Morgan fingerprint density at radius 1 is 1.27 bits per heavy atom. The second-order valence-corrected chi connectivity index (χ2v) is 3.88. The lowest BCUT2D eigenvalue weighted by Gasteiger charge is -2.13. The van der Waals surface area contributed by atoms with Crippen molar-refractivity contribution in [1.29, 1.82) is 0 Å². The summed E-state index contributed by atoms with van der Waals surface area (Å²) in [7, 11) is 0. The van der Waals surface area contributed by atoms with Gasteiger partial charge in [0.25, 0.3) is 0 Å². The molecule has 0 aliphatic carbocycles. The molecule has 0 bridgehead atoms. The largest absolute Gasteiger partial charge is 0.491 e. The normalized spacial score (nSPS) is 12.6. The van der Waals surface area contributed by atoms with E-state index in [-0.39, 0.29) is 13.2 Å². The minimum absolute atomic E-state index is 0.226. The lowest BCUT2D eigenvalue weighted by Crippen LogP contribution is -2.26. The molecule has 0 radical (unpaired) electrons. The van der Waals surface area contributed by atoms with E-state index in [9.17, 15) is 5.11 Å². The molecule has 1 aromatic carbocycles. The van der Waals surface area contributed by atoms with Crippen molar-refractivity contribution in [2.75, 3.05) is 13.2 Å². The molecule has 0 saturated heterocycles. The summed E-state index contributed by atoms with van der Waals surface area (Å²) in [4.78, 5) is 0. The summed E-state index contributed by atoms with van der Waals surface area (Å²) in [6.07, 6.45) is -0.591. The van der Waals surface area contributed by atoms with E-state index in [0.29, 0.717) is 0 Å². The molecule has 0 aromatic heterocycles. The predicted molar refractivity (Wildman–Crippen MR) is 61.2 cm³/mol. The minimum atomic E-state index is -0.591. The number of ether oxygens (including phenoxy) is 1. The smallest absolute Gasteiger partial charge is 0.119 e. The monoisotopic (exact) mass is 209 g/mol. The molecule has 1 aromatic rings. The average molecular weight is 209 g/mol. The molecule has 3 heteroatoms. The molecule has 0 aliphatic heterocycles. The summed E-state index contributed by atoms with van der Waals surface area (Å²) in [6, 6.07) is 3.96. The van der Waals surface area contributed by atoms with E-state index in [2.05, 4.69) is 20.8 Å². The Balaban J connectivity index is 2.70. The van der Waals surface area contributed by atoms with Crippen LogP contribution in [0.15, 0.2) is 12.1 Å². The highest BCUT2D eigenvalue weighted by Gasteiger charge is 2.05. The third-order valence-electron chi connectivity index (χ3n) is 2.62. The van der Waals surface area contributed by atoms with E-state index in [1.165, 1.54) is 16.7 Å². The molecule has 0 saturated carbocycles. The third kappa shape index (κ3) is 3.22. The first-order valence-electron chi connectivity index (χ1n) is 5.13. The summed E-state index contributed by atoms with van der Waals surface area (Å²) in [5, 5.41) is 9.26. The van der Waals surface area contributed by atoms with Crippen molar-refractivity contribution in [3.63, 3.8) is 0 Å². The number of hydrogen-bond acceptors (Lipinski definition) is 3. The molecule has 3 nitrogen and oxygen atoms in total. The number of nitrogens with two attached hydrogens (primary N) is 1. The van der Waals surface area contributed by atoms with Crippen molar-refractivity contribution in [2.45, 2.75) is 26.9 Å². The Morgan fingerprint density at radius 3 is 2.27 bits per heavy atom. The van der Waals surface area contributed by atoms with Gasteiger partial charge in [-0.05, 0) is 49.6 Å². The molecule has 1 rings (SSSR count). The maximum absolute atomic E-state index is 9.26. The molecule has 1 atom stereocenters. The fourth-order valence-corrected chi connectivity index (χ4v) is 1.34. The van der Waals surface area contributed by atoms with Crippen LogP contribution >= 0.6 is 0 Å². The van der Waals surface area contributed by atoms with E-state index in [0.717, 1.165) is 5.75 Å².